The Morgan fingerprint density at radius 3 is 2.65 bits per heavy atom. The van der Waals surface area contributed by atoms with Gasteiger partial charge in [-0.05, 0) is 23.8 Å². The molecule has 1 aliphatic rings. The first-order chi connectivity index (χ1) is 9.61. The first-order valence-electron chi connectivity index (χ1n) is 6.74. The highest BCUT2D eigenvalue weighted by Crippen LogP contribution is 2.32. The van der Waals surface area contributed by atoms with Crippen molar-refractivity contribution in [3.8, 4) is 5.75 Å². The van der Waals surface area contributed by atoms with Crippen molar-refractivity contribution >= 4 is 15.9 Å². The summed E-state index contributed by atoms with van der Waals surface area (Å²) in [6, 6.07) is 5.76. The molecule has 0 amide bonds. The first-order valence-corrected chi connectivity index (χ1v) is 7.54. The molecule has 1 aromatic carbocycles. The van der Waals surface area contributed by atoms with E-state index in [0.29, 0.717) is 32.5 Å². The van der Waals surface area contributed by atoms with Gasteiger partial charge in [0.25, 0.3) is 0 Å². The van der Waals surface area contributed by atoms with E-state index in [1.54, 1.807) is 14.2 Å². The number of rotatable bonds is 5. The molecule has 1 aliphatic heterocycles. The Balaban J connectivity index is 2.15. The molecule has 20 heavy (non-hydrogen) atoms. The van der Waals surface area contributed by atoms with Crippen LogP contribution in [0.15, 0.2) is 22.7 Å². The van der Waals surface area contributed by atoms with E-state index < -0.39 is 11.7 Å². The molecule has 0 saturated carbocycles. The normalized spacial score (nSPS) is 19.6. The minimum absolute atomic E-state index is 0.513. The quantitative estimate of drug-likeness (QED) is 0.891. The molecule has 0 aliphatic carbocycles. The second kappa shape index (κ2) is 6.89. The van der Waals surface area contributed by atoms with E-state index in [9.17, 15) is 5.11 Å². The van der Waals surface area contributed by atoms with E-state index in [0.717, 1.165) is 15.8 Å². The number of hydrogen-bond acceptors (Lipinski definition) is 4. The van der Waals surface area contributed by atoms with E-state index in [1.807, 2.05) is 18.2 Å². The molecule has 1 atom stereocenters. The van der Waals surface area contributed by atoms with Gasteiger partial charge in [-0.25, -0.2) is 0 Å². The number of aliphatic hydroxyl groups excluding tert-OH is 1. The smallest absolute Gasteiger partial charge is 0.119 e. The van der Waals surface area contributed by atoms with E-state index >= 15 is 0 Å². The largest absolute Gasteiger partial charge is 0.497 e. The van der Waals surface area contributed by atoms with Gasteiger partial charge in [-0.3, -0.25) is 0 Å². The molecular formula is C15H21BrO4. The summed E-state index contributed by atoms with van der Waals surface area (Å²) >= 11 is 3.52. The Labute approximate surface area is 128 Å². The average molecular weight is 345 g/mol. The molecule has 0 bridgehead atoms. The number of halogens is 1. The van der Waals surface area contributed by atoms with Crippen molar-refractivity contribution in [2.24, 2.45) is 0 Å². The summed E-state index contributed by atoms with van der Waals surface area (Å²) in [6.45, 7) is 1.26. The third kappa shape index (κ3) is 3.34. The van der Waals surface area contributed by atoms with E-state index in [4.69, 9.17) is 14.2 Å². The predicted molar refractivity (Wildman–Crippen MR) is 80.2 cm³/mol. The number of hydrogen-bond donors (Lipinski definition) is 1. The maximum absolute atomic E-state index is 10.6. The number of aliphatic hydroxyl groups is 1. The number of ether oxygens (including phenoxy) is 3. The predicted octanol–water partition coefficient (Wildman–Crippen LogP) is 2.56. The zero-order valence-corrected chi connectivity index (χ0v) is 13.5. The van der Waals surface area contributed by atoms with Gasteiger partial charge < -0.3 is 19.3 Å². The second-order valence-electron chi connectivity index (χ2n) is 5.06. The van der Waals surface area contributed by atoms with Gasteiger partial charge in [-0.1, -0.05) is 15.9 Å². The molecule has 1 aromatic rings. The summed E-state index contributed by atoms with van der Waals surface area (Å²) in [5.41, 5.74) is 0.501. The van der Waals surface area contributed by atoms with Gasteiger partial charge in [-0.15, -0.1) is 0 Å². The zero-order valence-electron chi connectivity index (χ0n) is 11.9. The van der Waals surface area contributed by atoms with Gasteiger partial charge in [0.2, 0.25) is 0 Å². The van der Waals surface area contributed by atoms with Crippen LogP contribution in [0.25, 0.3) is 0 Å². The van der Waals surface area contributed by atoms with Crippen molar-refractivity contribution in [1.82, 2.24) is 0 Å². The number of methoxy groups -OCH3 is 2. The highest BCUT2D eigenvalue weighted by Gasteiger charge is 2.39. The molecule has 4 nitrogen and oxygen atoms in total. The van der Waals surface area contributed by atoms with Gasteiger partial charge >= 0.3 is 0 Å². The summed E-state index contributed by atoms with van der Waals surface area (Å²) in [6.07, 6.45) is 1.38. The lowest BCUT2D eigenvalue weighted by molar-refractivity contribution is -0.151. The Morgan fingerprint density at radius 2 is 2.05 bits per heavy atom. The van der Waals surface area contributed by atoms with E-state index in [-0.39, 0.29) is 0 Å². The van der Waals surface area contributed by atoms with Gasteiger partial charge in [0.15, 0.2) is 0 Å². The fourth-order valence-electron chi connectivity index (χ4n) is 2.62. The molecule has 1 unspecified atom stereocenters. The van der Waals surface area contributed by atoms with E-state index in [1.165, 1.54) is 0 Å². The van der Waals surface area contributed by atoms with Gasteiger partial charge in [0, 0.05) is 44.1 Å². The van der Waals surface area contributed by atoms with Crippen molar-refractivity contribution in [1.29, 1.82) is 0 Å². The Bertz CT molecular complexity index is 443. The fraction of sp³-hybridized carbons (Fsp3) is 0.600. The van der Waals surface area contributed by atoms with Gasteiger partial charge in [0.05, 0.1) is 18.8 Å². The van der Waals surface area contributed by atoms with Crippen molar-refractivity contribution in [3.63, 3.8) is 0 Å². The van der Waals surface area contributed by atoms with E-state index in [2.05, 4.69) is 15.9 Å². The molecule has 1 fully saturated rings. The maximum Gasteiger partial charge on any atom is 0.119 e. The molecule has 112 valence electrons. The molecular weight excluding hydrogens is 324 g/mol. The Hall–Kier alpha value is -0.620. The van der Waals surface area contributed by atoms with Gasteiger partial charge in [0.1, 0.15) is 5.75 Å². The summed E-state index contributed by atoms with van der Waals surface area (Å²) in [5, 5.41) is 10.6. The molecule has 0 aromatic heterocycles. The second-order valence-corrected chi connectivity index (χ2v) is 5.91. The summed E-state index contributed by atoms with van der Waals surface area (Å²) in [7, 11) is 3.30. The minimum atomic E-state index is -0.570. The van der Waals surface area contributed by atoms with Crippen LogP contribution in [0.2, 0.25) is 0 Å². The third-order valence-corrected chi connectivity index (χ3v) is 4.79. The first kappa shape index (κ1) is 15.8. The lowest BCUT2D eigenvalue weighted by Gasteiger charge is -2.39. The topological polar surface area (TPSA) is 47.9 Å². The van der Waals surface area contributed by atoms with Crippen molar-refractivity contribution in [2.45, 2.75) is 31.0 Å². The van der Waals surface area contributed by atoms with Crippen LogP contribution >= 0.6 is 15.9 Å². The van der Waals surface area contributed by atoms with Crippen LogP contribution < -0.4 is 4.74 Å². The van der Waals surface area contributed by atoms with Gasteiger partial charge in [-0.2, -0.15) is 0 Å². The van der Waals surface area contributed by atoms with Crippen LogP contribution in [0.1, 0.15) is 18.4 Å². The summed E-state index contributed by atoms with van der Waals surface area (Å²) in [4.78, 5) is 0. The molecule has 2 rings (SSSR count). The lowest BCUT2D eigenvalue weighted by Crippen LogP contribution is -2.49. The fourth-order valence-corrected chi connectivity index (χ4v) is 3.03. The van der Waals surface area contributed by atoms with Crippen LogP contribution in [0.3, 0.4) is 0 Å². The van der Waals surface area contributed by atoms with Crippen LogP contribution in [-0.2, 0) is 15.9 Å². The summed E-state index contributed by atoms with van der Waals surface area (Å²) < 4.78 is 17.2. The zero-order chi connectivity index (χ0) is 14.6. The van der Waals surface area contributed by atoms with Crippen molar-refractivity contribution < 1.29 is 19.3 Å². The van der Waals surface area contributed by atoms with Crippen molar-refractivity contribution in [3.05, 3.63) is 28.2 Å². The van der Waals surface area contributed by atoms with Crippen LogP contribution in [0.5, 0.6) is 5.75 Å². The Morgan fingerprint density at radius 1 is 1.35 bits per heavy atom. The lowest BCUT2D eigenvalue weighted by atomic mass is 9.84. The van der Waals surface area contributed by atoms with Crippen molar-refractivity contribution in [2.75, 3.05) is 27.4 Å². The highest BCUT2D eigenvalue weighted by molar-refractivity contribution is 9.10. The summed E-state index contributed by atoms with van der Waals surface area (Å²) in [5.74, 6) is 0.786. The third-order valence-electron chi connectivity index (χ3n) is 4.02. The molecule has 5 heteroatoms. The number of benzene rings is 1. The average Bonchev–Trinajstić information content (AvgIpc) is 2.50. The molecule has 0 spiro atoms. The standard InChI is InChI=1S/C15H21BrO4/c1-18-12-3-4-13(16)11(9-12)10-14(17)15(19-2)5-7-20-8-6-15/h3-4,9,14,17H,5-8,10H2,1-2H3. The van der Waals surface area contributed by atoms with Crippen LogP contribution in [-0.4, -0.2) is 44.2 Å². The monoisotopic (exact) mass is 344 g/mol. The van der Waals surface area contributed by atoms with Crippen LogP contribution in [0, 0.1) is 0 Å². The molecule has 1 saturated heterocycles. The molecule has 1 heterocycles. The molecule has 0 radical (unpaired) electrons. The highest BCUT2D eigenvalue weighted by atomic mass is 79.9. The Kier molecular flexibility index (Phi) is 5.43. The maximum atomic E-state index is 10.6. The minimum Gasteiger partial charge on any atom is -0.497 e. The van der Waals surface area contributed by atoms with Crippen LogP contribution in [0.4, 0.5) is 0 Å². The molecule has 1 N–H and O–H groups in total. The SMILES string of the molecule is COc1ccc(Br)c(CC(O)C2(OC)CCOCC2)c1.